The van der Waals surface area contributed by atoms with Gasteiger partial charge in [0.05, 0.1) is 0 Å². The van der Waals surface area contributed by atoms with Gasteiger partial charge in [-0.1, -0.05) is 13.8 Å². The molecular weight excluding hydrogens is 251 g/mol. The number of anilines is 1. The third kappa shape index (κ3) is 3.95. The SMILES string of the molecule is CCCN(CC1CC1)c1ccc(F)cc1C(C)NCC. The highest BCUT2D eigenvalue weighted by molar-refractivity contribution is 5.55. The van der Waals surface area contributed by atoms with Crippen molar-refractivity contribution < 1.29 is 4.39 Å². The molecule has 0 bridgehead atoms. The maximum atomic E-state index is 13.6. The molecule has 0 spiro atoms. The Balaban J connectivity index is 2.25. The van der Waals surface area contributed by atoms with Crippen LogP contribution in [-0.4, -0.2) is 19.6 Å². The third-order valence-electron chi connectivity index (χ3n) is 3.98. The number of rotatable bonds is 8. The summed E-state index contributed by atoms with van der Waals surface area (Å²) >= 11 is 0. The van der Waals surface area contributed by atoms with E-state index in [2.05, 4.69) is 31.0 Å². The molecule has 1 saturated carbocycles. The van der Waals surface area contributed by atoms with E-state index in [1.54, 1.807) is 12.1 Å². The second-order valence-electron chi connectivity index (χ2n) is 5.87. The van der Waals surface area contributed by atoms with Crippen LogP contribution in [-0.2, 0) is 0 Å². The summed E-state index contributed by atoms with van der Waals surface area (Å²) in [6.07, 6.45) is 3.82. The van der Waals surface area contributed by atoms with Crippen molar-refractivity contribution in [3.05, 3.63) is 29.6 Å². The van der Waals surface area contributed by atoms with Crippen LogP contribution in [0, 0.1) is 11.7 Å². The minimum absolute atomic E-state index is 0.142. The number of benzene rings is 1. The Morgan fingerprint density at radius 1 is 1.35 bits per heavy atom. The molecule has 0 heterocycles. The number of halogens is 1. The van der Waals surface area contributed by atoms with E-state index in [-0.39, 0.29) is 11.9 Å². The van der Waals surface area contributed by atoms with Crippen molar-refractivity contribution in [3.63, 3.8) is 0 Å². The topological polar surface area (TPSA) is 15.3 Å². The van der Waals surface area contributed by atoms with Crippen LogP contribution >= 0.6 is 0 Å². The van der Waals surface area contributed by atoms with Gasteiger partial charge in [0.1, 0.15) is 5.82 Å². The van der Waals surface area contributed by atoms with Gasteiger partial charge >= 0.3 is 0 Å². The predicted octanol–water partition coefficient (Wildman–Crippen LogP) is 4.12. The first-order chi connectivity index (χ1) is 9.65. The van der Waals surface area contributed by atoms with E-state index in [1.165, 1.54) is 18.5 Å². The molecule has 1 aliphatic carbocycles. The van der Waals surface area contributed by atoms with Gasteiger partial charge in [-0.15, -0.1) is 0 Å². The van der Waals surface area contributed by atoms with Crippen LogP contribution in [0.1, 0.15) is 51.6 Å². The van der Waals surface area contributed by atoms with Crippen LogP contribution in [0.2, 0.25) is 0 Å². The van der Waals surface area contributed by atoms with Crippen LogP contribution in [0.15, 0.2) is 18.2 Å². The standard InChI is InChI=1S/C17H27FN2/c1-4-10-20(12-14-6-7-14)17-9-8-15(18)11-16(17)13(3)19-5-2/h8-9,11,13-14,19H,4-7,10,12H2,1-3H3. The Bertz CT molecular complexity index is 429. The van der Waals surface area contributed by atoms with Crippen molar-refractivity contribution in [3.8, 4) is 0 Å². The maximum absolute atomic E-state index is 13.6. The summed E-state index contributed by atoms with van der Waals surface area (Å²) in [4.78, 5) is 2.44. The second kappa shape index (κ2) is 7.07. The van der Waals surface area contributed by atoms with Gasteiger partial charge in [0.15, 0.2) is 0 Å². The first kappa shape index (κ1) is 15.3. The number of nitrogens with zero attached hydrogens (tertiary/aromatic N) is 1. The Kier molecular flexibility index (Phi) is 5.41. The average Bonchev–Trinajstić information content (AvgIpc) is 3.22. The molecule has 1 aromatic carbocycles. The molecular formula is C17H27FN2. The zero-order valence-electron chi connectivity index (χ0n) is 13.0. The third-order valence-corrected chi connectivity index (χ3v) is 3.98. The van der Waals surface area contributed by atoms with Crippen molar-refractivity contribution in [1.29, 1.82) is 0 Å². The lowest BCUT2D eigenvalue weighted by atomic mass is 10.0. The van der Waals surface area contributed by atoms with Crippen LogP contribution in [0.4, 0.5) is 10.1 Å². The molecule has 1 atom stereocenters. The lowest BCUT2D eigenvalue weighted by Crippen LogP contribution is -2.29. The highest BCUT2D eigenvalue weighted by Crippen LogP contribution is 2.34. The highest BCUT2D eigenvalue weighted by atomic mass is 19.1. The molecule has 1 aromatic rings. The Morgan fingerprint density at radius 2 is 2.10 bits per heavy atom. The van der Waals surface area contributed by atoms with Gasteiger partial charge in [0.25, 0.3) is 0 Å². The molecule has 1 fully saturated rings. The van der Waals surface area contributed by atoms with E-state index in [4.69, 9.17) is 0 Å². The van der Waals surface area contributed by atoms with Crippen LogP contribution in [0.25, 0.3) is 0 Å². The van der Waals surface area contributed by atoms with Gasteiger partial charge in [-0.05, 0) is 62.4 Å². The van der Waals surface area contributed by atoms with Crippen LogP contribution in [0.5, 0.6) is 0 Å². The fourth-order valence-electron chi connectivity index (χ4n) is 2.77. The minimum atomic E-state index is -0.142. The fourth-order valence-corrected chi connectivity index (χ4v) is 2.77. The Hall–Kier alpha value is -1.09. The first-order valence-electron chi connectivity index (χ1n) is 7.93. The lowest BCUT2D eigenvalue weighted by Gasteiger charge is -2.29. The molecule has 3 heteroatoms. The van der Waals surface area contributed by atoms with Crippen LogP contribution in [0.3, 0.4) is 0 Å². The number of hydrogen-bond acceptors (Lipinski definition) is 2. The van der Waals surface area contributed by atoms with Crippen LogP contribution < -0.4 is 10.2 Å². The van der Waals surface area contributed by atoms with E-state index < -0.39 is 0 Å². The predicted molar refractivity (Wildman–Crippen MR) is 83.7 cm³/mol. The second-order valence-corrected chi connectivity index (χ2v) is 5.87. The van der Waals surface area contributed by atoms with Crippen molar-refractivity contribution in [2.75, 3.05) is 24.5 Å². The average molecular weight is 278 g/mol. The molecule has 112 valence electrons. The first-order valence-corrected chi connectivity index (χ1v) is 7.93. The Morgan fingerprint density at radius 3 is 2.70 bits per heavy atom. The lowest BCUT2D eigenvalue weighted by molar-refractivity contribution is 0.578. The maximum Gasteiger partial charge on any atom is 0.123 e. The Labute approximate surface area is 122 Å². The summed E-state index contributed by atoms with van der Waals surface area (Å²) < 4.78 is 13.6. The zero-order valence-corrected chi connectivity index (χ0v) is 13.0. The molecule has 1 aliphatic rings. The number of hydrogen-bond donors (Lipinski definition) is 1. The molecule has 0 aliphatic heterocycles. The van der Waals surface area contributed by atoms with Gasteiger partial charge in [-0.25, -0.2) is 4.39 Å². The molecule has 20 heavy (non-hydrogen) atoms. The zero-order chi connectivity index (χ0) is 14.5. The van der Waals surface area contributed by atoms with Gasteiger partial charge in [0.2, 0.25) is 0 Å². The molecule has 1 N–H and O–H groups in total. The molecule has 1 unspecified atom stereocenters. The smallest absolute Gasteiger partial charge is 0.123 e. The summed E-state index contributed by atoms with van der Waals surface area (Å²) in [5, 5.41) is 3.40. The summed E-state index contributed by atoms with van der Waals surface area (Å²) in [6.45, 7) is 9.47. The van der Waals surface area contributed by atoms with Crippen molar-refractivity contribution in [2.45, 2.75) is 46.1 Å². The normalized spacial score (nSPS) is 16.2. The van der Waals surface area contributed by atoms with E-state index in [9.17, 15) is 4.39 Å². The van der Waals surface area contributed by atoms with Gasteiger partial charge in [-0.3, -0.25) is 0 Å². The molecule has 2 nitrogen and oxygen atoms in total. The molecule has 2 rings (SSSR count). The monoisotopic (exact) mass is 278 g/mol. The minimum Gasteiger partial charge on any atom is -0.371 e. The van der Waals surface area contributed by atoms with Gasteiger partial charge in [-0.2, -0.15) is 0 Å². The molecule has 0 amide bonds. The molecule has 0 radical (unpaired) electrons. The summed E-state index contributed by atoms with van der Waals surface area (Å²) in [5.41, 5.74) is 2.29. The summed E-state index contributed by atoms with van der Waals surface area (Å²) in [5.74, 6) is 0.699. The summed E-state index contributed by atoms with van der Waals surface area (Å²) in [7, 11) is 0. The van der Waals surface area contributed by atoms with E-state index in [0.717, 1.165) is 37.5 Å². The van der Waals surface area contributed by atoms with E-state index in [0.29, 0.717) is 0 Å². The van der Waals surface area contributed by atoms with Crippen molar-refractivity contribution in [1.82, 2.24) is 5.32 Å². The van der Waals surface area contributed by atoms with Gasteiger partial charge < -0.3 is 10.2 Å². The van der Waals surface area contributed by atoms with Crippen molar-refractivity contribution >= 4 is 5.69 Å². The molecule has 0 aromatic heterocycles. The highest BCUT2D eigenvalue weighted by Gasteiger charge is 2.25. The fraction of sp³-hybridized carbons (Fsp3) is 0.647. The summed E-state index contributed by atoms with van der Waals surface area (Å²) in [6, 6.07) is 5.42. The largest absolute Gasteiger partial charge is 0.371 e. The van der Waals surface area contributed by atoms with E-state index >= 15 is 0 Å². The van der Waals surface area contributed by atoms with E-state index in [1.807, 2.05) is 6.07 Å². The quantitative estimate of drug-likeness (QED) is 0.769. The number of nitrogens with one attached hydrogen (secondary N) is 1. The molecule has 0 saturated heterocycles. The van der Waals surface area contributed by atoms with Gasteiger partial charge in [0, 0.05) is 24.8 Å². The van der Waals surface area contributed by atoms with Crippen molar-refractivity contribution in [2.24, 2.45) is 5.92 Å².